The van der Waals surface area contributed by atoms with Gasteiger partial charge in [-0.05, 0) is 32.5 Å². The molecule has 0 fully saturated rings. The first-order chi connectivity index (χ1) is 9.13. The summed E-state index contributed by atoms with van der Waals surface area (Å²) in [5, 5.41) is 0. The maximum absolute atomic E-state index is 11.4. The van der Waals surface area contributed by atoms with Crippen molar-refractivity contribution >= 4 is 5.97 Å². The average Bonchev–Trinajstić information content (AvgIpc) is 2.92. The number of rotatable bonds is 8. The number of carbonyl (C=O) groups is 1. The summed E-state index contributed by atoms with van der Waals surface area (Å²) < 4.78 is 15.5. The fourth-order valence-electron chi connectivity index (χ4n) is 1.92. The van der Waals surface area contributed by atoms with E-state index < -0.39 is 5.97 Å². The molecule has 5 nitrogen and oxygen atoms in total. The average molecular weight is 269 g/mol. The van der Waals surface area contributed by atoms with E-state index in [1.807, 2.05) is 13.0 Å². The fourth-order valence-corrected chi connectivity index (χ4v) is 1.92. The smallest absolute Gasteiger partial charge is 0.373 e. The van der Waals surface area contributed by atoms with Gasteiger partial charge in [0.05, 0.1) is 19.8 Å². The Bertz CT molecular complexity index is 389. The van der Waals surface area contributed by atoms with Crippen molar-refractivity contribution < 1.29 is 18.7 Å². The zero-order valence-corrected chi connectivity index (χ0v) is 12.1. The van der Waals surface area contributed by atoms with Gasteiger partial charge in [-0.25, -0.2) is 4.79 Å². The van der Waals surface area contributed by atoms with Gasteiger partial charge in [-0.3, -0.25) is 4.90 Å². The molecular formula is C14H23NO4. The molecule has 0 aliphatic rings. The quantitative estimate of drug-likeness (QED) is 0.536. The van der Waals surface area contributed by atoms with Gasteiger partial charge in [-0.1, -0.05) is 6.92 Å². The van der Waals surface area contributed by atoms with Crippen LogP contribution in [0.25, 0.3) is 0 Å². The van der Waals surface area contributed by atoms with Crippen LogP contribution in [0.1, 0.15) is 43.1 Å². The van der Waals surface area contributed by atoms with Crippen LogP contribution in [0.2, 0.25) is 0 Å². The number of furan rings is 1. The first kappa shape index (κ1) is 15.7. The molecule has 1 heterocycles. The van der Waals surface area contributed by atoms with Crippen molar-refractivity contribution in [3.63, 3.8) is 0 Å². The molecule has 5 heteroatoms. The molecule has 0 radical (unpaired) electrons. The van der Waals surface area contributed by atoms with E-state index in [1.165, 1.54) is 7.11 Å². The zero-order chi connectivity index (χ0) is 14.3. The maximum atomic E-state index is 11.4. The first-order valence-corrected chi connectivity index (χ1v) is 6.63. The summed E-state index contributed by atoms with van der Waals surface area (Å²) in [6.45, 7) is 9.26. The second kappa shape index (κ2) is 7.96. The molecule has 1 aromatic heterocycles. The van der Waals surface area contributed by atoms with E-state index in [9.17, 15) is 4.79 Å². The minimum absolute atomic E-state index is 0.101. The molecule has 0 aromatic carbocycles. The van der Waals surface area contributed by atoms with E-state index in [1.54, 1.807) is 6.07 Å². The molecule has 1 unspecified atom stereocenters. The summed E-state index contributed by atoms with van der Waals surface area (Å²) in [5.41, 5.74) is 0. The van der Waals surface area contributed by atoms with E-state index in [0.717, 1.165) is 25.5 Å². The lowest BCUT2D eigenvalue weighted by molar-refractivity contribution is 0.0555. The third-order valence-electron chi connectivity index (χ3n) is 3.11. The molecule has 0 saturated carbocycles. The Labute approximate surface area is 114 Å². The van der Waals surface area contributed by atoms with Crippen LogP contribution in [0, 0.1) is 0 Å². The molecule has 108 valence electrons. The second-order valence-corrected chi connectivity index (χ2v) is 4.20. The van der Waals surface area contributed by atoms with Crippen LogP contribution < -0.4 is 0 Å². The third-order valence-corrected chi connectivity index (χ3v) is 3.11. The molecule has 0 spiro atoms. The number of hydrogen-bond donors (Lipinski definition) is 0. The Hall–Kier alpha value is -1.33. The lowest BCUT2D eigenvalue weighted by Crippen LogP contribution is -2.30. The van der Waals surface area contributed by atoms with Gasteiger partial charge < -0.3 is 13.9 Å². The lowest BCUT2D eigenvalue weighted by atomic mass is 10.2. The van der Waals surface area contributed by atoms with Crippen molar-refractivity contribution in [1.82, 2.24) is 4.90 Å². The monoisotopic (exact) mass is 269 g/mol. The Kier molecular flexibility index (Phi) is 6.59. The molecule has 0 N–H and O–H groups in total. The highest BCUT2D eigenvalue weighted by Crippen LogP contribution is 2.22. The highest BCUT2D eigenvalue weighted by molar-refractivity contribution is 5.86. The Morgan fingerprint density at radius 2 is 2.16 bits per heavy atom. The van der Waals surface area contributed by atoms with E-state index in [-0.39, 0.29) is 11.8 Å². The minimum Gasteiger partial charge on any atom is -0.463 e. The van der Waals surface area contributed by atoms with Crippen LogP contribution in [0.3, 0.4) is 0 Å². The van der Waals surface area contributed by atoms with Gasteiger partial charge in [0.25, 0.3) is 0 Å². The first-order valence-electron chi connectivity index (χ1n) is 6.63. The maximum Gasteiger partial charge on any atom is 0.373 e. The van der Waals surface area contributed by atoms with Crippen molar-refractivity contribution in [1.29, 1.82) is 0 Å². The van der Waals surface area contributed by atoms with Crippen LogP contribution in [-0.4, -0.2) is 44.3 Å². The number of hydrogen-bond acceptors (Lipinski definition) is 5. The van der Waals surface area contributed by atoms with E-state index in [0.29, 0.717) is 6.61 Å². The molecule has 0 aliphatic carbocycles. The van der Waals surface area contributed by atoms with Gasteiger partial charge in [-0.2, -0.15) is 0 Å². The van der Waals surface area contributed by atoms with Gasteiger partial charge in [0, 0.05) is 13.2 Å². The minimum atomic E-state index is -0.448. The predicted molar refractivity (Wildman–Crippen MR) is 72.2 cm³/mol. The summed E-state index contributed by atoms with van der Waals surface area (Å²) in [5.74, 6) is 0.555. The second-order valence-electron chi connectivity index (χ2n) is 4.20. The molecule has 1 atom stereocenters. The Morgan fingerprint density at radius 1 is 1.42 bits per heavy atom. The lowest BCUT2D eigenvalue weighted by Gasteiger charge is -2.26. The van der Waals surface area contributed by atoms with Crippen LogP contribution >= 0.6 is 0 Å². The number of esters is 1. The fraction of sp³-hybridized carbons (Fsp3) is 0.643. The summed E-state index contributed by atoms with van der Waals surface area (Å²) >= 11 is 0. The molecule has 0 aliphatic heterocycles. The largest absolute Gasteiger partial charge is 0.463 e. The Morgan fingerprint density at radius 3 is 2.74 bits per heavy atom. The van der Waals surface area contributed by atoms with Crippen molar-refractivity contribution in [2.45, 2.75) is 26.8 Å². The summed E-state index contributed by atoms with van der Waals surface area (Å²) in [6, 6.07) is 3.57. The zero-order valence-electron chi connectivity index (χ0n) is 12.1. The molecule has 1 rings (SSSR count). The summed E-state index contributed by atoms with van der Waals surface area (Å²) in [7, 11) is 1.34. The van der Waals surface area contributed by atoms with E-state index in [2.05, 4.69) is 23.5 Å². The standard InChI is InChI=1S/C14H23NO4/c1-5-15(9-10-18-6-2)11(3)12-7-8-13(19-12)14(16)17-4/h7-8,11H,5-6,9-10H2,1-4H3. The van der Waals surface area contributed by atoms with Gasteiger partial charge in [-0.15, -0.1) is 0 Å². The highest BCUT2D eigenvalue weighted by atomic mass is 16.5. The number of nitrogens with zero attached hydrogens (tertiary/aromatic N) is 1. The van der Waals surface area contributed by atoms with Gasteiger partial charge >= 0.3 is 5.97 Å². The molecule has 1 aromatic rings. The van der Waals surface area contributed by atoms with Gasteiger partial charge in [0.2, 0.25) is 5.76 Å². The molecular weight excluding hydrogens is 246 g/mol. The van der Waals surface area contributed by atoms with Crippen molar-refractivity contribution in [3.8, 4) is 0 Å². The van der Waals surface area contributed by atoms with Gasteiger partial charge in [0.15, 0.2) is 0 Å². The van der Waals surface area contributed by atoms with Crippen LogP contribution in [-0.2, 0) is 9.47 Å². The molecule has 19 heavy (non-hydrogen) atoms. The molecule has 0 bridgehead atoms. The summed E-state index contributed by atoms with van der Waals surface area (Å²) in [6.07, 6.45) is 0. The topological polar surface area (TPSA) is 51.9 Å². The number of methoxy groups -OCH3 is 1. The SMILES string of the molecule is CCOCCN(CC)C(C)c1ccc(C(=O)OC)o1. The van der Waals surface area contributed by atoms with Crippen molar-refractivity contribution in [2.24, 2.45) is 0 Å². The van der Waals surface area contributed by atoms with Crippen molar-refractivity contribution in [2.75, 3.05) is 33.4 Å². The van der Waals surface area contributed by atoms with E-state index >= 15 is 0 Å². The van der Waals surface area contributed by atoms with Crippen molar-refractivity contribution in [3.05, 3.63) is 23.7 Å². The number of carbonyl (C=O) groups excluding carboxylic acids is 1. The number of ether oxygens (including phenoxy) is 2. The van der Waals surface area contributed by atoms with E-state index in [4.69, 9.17) is 9.15 Å². The predicted octanol–water partition coefficient (Wildman–Crippen LogP) is 2.49. The highest BCUT2D eigenvalue weighted by Gasteiger charge is 2.19. The normalized spacial score (nSPS) is 12.7. The third kappa shape index (κ3) is 4.36. The van der Waals surface area contributed by atoms with Crippen LogP contribution in [0.15, 0.2) is 16.5 Å². The van der Waals surface area contributed by atoms with Crippen LogP contribution in [0.4, 0.5) is 0 Å². The van der Waals surface area contributed by atoms with Gasteiger partial charge in [0.1, 0.15) is 5.76 Å². The number of likely N-dealkylation sites (N-methyl/N-ethyl adjacent to an activating group) is 1. The molecule has 0 saturated heterocycles. The van der Waals surface area contributed by atoms with Crippen LogP contribution in [0.5, 0.6) is 0 Å². The summed E-state index contributed by atoms with van der Waals surface area (Å²) in [4.78, 5) is 13.6. The molecule has 0 amide bonds. The Balaban J connectivity index is 2.65.